The molecule has 2 aliphatic rings. The molecule has 0 saturated heterocycles. The smallest absolute Gasteiger partial charge is 0.143 e. The van der Waals surface area contributed by atoms with E-state index in [0.29, 0.717) is 0 Å². The zero-order valence-electron chi connectivity index (χ0n) is 30.3. The maximum absolute atomic E-state index is 6.42. The van der Waals surface area contributed by atoms with Crippen molar-refractivity contribution in [2.24, 2.45) is 0 Å². The Morgan fingerprint density at radius 1 is 0.411 bits per heavy atom. The third-order valence-corrected chi connectivity index (χ3v) is 13.1. The topological polar surface area (TPSA) is 16.4 Å². The molecule has 0 atom stereocenters. The molecule has 2 nitrogen and oxygen atoms in total. The lowest BCUT2D eigenvalue weighted by Gasteiger charge is -2.40. The molecule has 0 fully saturated rings. The fourth-order valence-electron chi connectivity index (χ4n) is 9.61. The van der Waals surface area contributed by atoms with Gasteiger partial charge < -0.3 is 9.32 Å². The maximum atomic E-state index is 6.42. The molecule has 0 N–H and O–H groups in total. The van der Waals surface area contributed by atoms with Gasteiger partial charge in [-0.05, 0) is 104 Å². The average molecular weight is 732 g/mol. The van der Waals surface area contributed by atoms with E-state index in [9.17, 15) is 0 Å². The normalized spacial score (nSPS) is 13.4. The van der Waals surface area contributed by atoms with Crippen molar-refractivity contribution in [1.29, 1.82) is 0 Å². The van der Waals surface area contributed by atoms with Gasteiger partial charge in [0.25, 0.3) is 0 Å². The van der Waals surface area contributed by atoms with Gasteiger partial charge in [-0.2, -0.15) is 0 Å². The summed E-state index contributed by atoms with van der Waals surface area (Å²) in [6.45, 7) is 0. The quantitative estimate of drug-likeness (QED) is 0.179. The van der Waals surface area contributed by atoms with E-state index in [1.54, 1.807) is 0 Å². The minimum atomic E-state index is -0.428. The van der Waals surface area contributed by atoms with Crippen LogP contribution in [0.1, 0.15) is 22.3 Å². The molecular formula is C53H33NOS. The largest absolute Gasteiger partial charge is 0.455 e. The third-order valence-electron chi connectivity index (χ3n) is 11.9. The van der Waals surface area contributed by atoms with Gasteiger partial charge in [0.15, 0.2) is 0 Å². The van der Waals surface area contributed by atoms with Crippen LogP contribution in [-0.4, -0.2) is 0 Å². The first-order chi connectivity index (χ1) is 27.8. The molecular weight excluding hydrogens is 699 g/mol. The van der Waals surface area contributed by atoms with Crippen LogP contribution in [0.2, 0.25) is 0 Å². The van der Waals surface area contributed by atoms with Gasteiger partial charge in [0.2, 0.25) is 0 Å². The zero-order valence-corrected chi connectivity index (χ0v) is 31.1. The van der Waals surface area contributed by atoms with E-state index in [4.69, 9.17) is 4.42 Å². The summed E-state index contributed by atoms with van der Waals surface area (Å²) >= 11 is 1.90. The van der Waals surface area contributed by atoms with E-state index in [2.05, 4.69) is 193 Å². The first-order valence-corrected chi connectivity index (χ1v) is 20.0. The van der Waals surface area contributed by atoms with Crippen LogP contribution in [0.15, 0.2) is 214 Å². The van der Waals surface area contributed by atoms with Crippen LogP contribution in [0.5, 0.6) is 0 Å². The van der Waals surface area contributed by atoms with Gasteiger partial charge in [-0.1, -0.05) is 157 Å². The van der Waals surface area contributed by atoms with Crippen molar-refractivity contribution in [2.45, 2.75) is 15.2 Å². The van der Waals surface area contributed by atoms with Crippen molar-refractivity contribution >= 4 is 61.5 Å². The number of rotatable bonds is 4. The van der Waals surface area contributed by atoms with E-state index in [0.717, 1.165) is 50.1 Å². The molecule has 56 heavy (non-hydrogen) atoms. The summed E-state index contributed by atoms with van der Waals surface area (Å²) in [4.78, 5) is 4.99. The predicted octanol–water partition coefficient (Wildman–Crippen LogP) is 14.7. The number of fused-ring (bicyclic) bond motifs is 14. The predicted molar refractivity (Wildman–Crippen MR) is 233 cm³/mol. The fourth-order valence-corrected chi connectivity index (χ4v) is 10.8. The highest BCUT2D eigenvalue weighted by molar-refractivity contribution is 7.99. The SMILES string of the molecule is c1ccc(N(c2ccc(-c3cccc4c3oc3ccccc34)cc2)c2ccc3c4c(ccc3c2)Sc2ccccc2C42c3ccccc3-c3ccccc32)cc1. The minimum Gasteiger partial charge on any atom is -0.455 e. The van der Waals surface area contributed by atoms with Gasteiger partial charge in [-0.25, -0.2) is 0 Å². The molecule has 0 bridgehead atoms. The van der Waals surface area contributed by atoms with E-state index in [1.165, 1.54) is 53.9 Å². The molecule has 1 aromatic heterocycles. The lowest BCUT2D eigenvalue weighted by Crippen LogP contribution is -2.32. The number of hydrogen-bond acceptors (Lipinski definition) is 3. The molecule has 1 spiro atoms. The number of anilines is 3. The molecule has 2 heterocycles. The number of furan rings is 1. The zero-order chi connectivity index (χ0) is 36.8. The van der Waals surface area contributed by atoms with E-state index in [-0.39, 0.29) is 0 Å². The third kappa shape index (κ3) is 4.40. The van der Waals surface area contributed by atoms with Crippen LogP contribution < -0.4 is 4.90 Å². The van der Waals surface area contributed by atoms with Crippen LogP contribution in [0.4, 0.5) is 17.1 Å². The Labute approximate surface area is 329 Å². The molecule has 1 aliphatic carbocycles. The summed E-state index contributed by atoms with van der Waals surface area (Å²) in [6.07, 6.45) is 0. The Hall–Kier alpha value is -6.81. The maximum Gasteiger partial charge on any atom is 0.143 e. The number of para-hydroxylation sites is 3. The lowest BCUT2D eigenvalue weighted by atomic mass is 9.66. The first-order valence-electron chi connectivity index (χ1n) is 19.2. The van der Waals surface area contributed by atoms with Crippen LogP contribution >= 0.6 is 11.8 Å². The van der Waals surface area contributed by atoms with Gasteiger partial charge in [0, 0.05) is 43.2 Å². The van der Waals surface area contributed by atoms with E-state index >= 15 is 0 Å². The second kappa shape index (κ2) is 12.1. The molecule has 0 amide bonds. The molecule has 9 aromatic carbocycles. The molecule has 0 unspecified atom stereocenters. The molecule has 0 radical (unpaired) electrons. The highest BCUT2D eigenvalue weighted by Crippen LogP contribution is 2.63. The van der Waals surface area contributed by atoms with Crippen molar-refractivity contribution in [3.8, 4) is 22.3 Å². The summed E-state index contributed by atoms with van der Waals surface area (Å²) in [5.74, 6) is 0. The van der Waals surface area contributed by atoms with Crippen molar-refractivity contribution < 1.29 is 4.42 Å². The van der Waals surface area contributed by atoms with Crippen molar-refractivity contribution in [3.63, 3.8) is 0 Å². The molecule has 12 rings (SSSR count). The highest BCUT2D eigenvalue weighted by Gasteiger charge is 2.50. The average Bonchev–Trinajstić information content (AvgIpc) is 3.79. The Morgan fingerprint density at radius 3 is 1.84 bits per heavy atom. The molecule has 1 aliphatic heterocycles. The van der Waals surface area contributed by atoms with Crippen molar-refractivity contribution in [2.75, 3.05) is 4.90 Å². The van der Waals surface area contributed by atoms with Gasteiger partial charge in [-0.15, -0.1) is 0 Å². The monoisotopic (exact) mass is 731 g/mol. The van der Waals surface area contributed by atoms with Gasteiger partial charge in [0.1, 0.15) is 11.2 Å². The standard InChI is InChI=1S/C53H33NOS/c1-2-13-36(14-3-1)54(37-28-25-34(26-29-37)40-18-12-19-44-43-17-6-10-23-48(43)55-52(40)44)38-30-31-39-35(33-38)27-32-50-51(39)53(47-22-9-11-24-49(47)56-50)45-20-7-4-15-41(45)42-16-5-8-21-46(42)53/h1-33H. The summed E-state index contributed by atoms with van der Waals surface area (Å²) in [7, 11) is 0. The van der Waals surface area contributed by atoms with Crippen LogP contribution in [-0.2, 0) is 5.41 Å². The summed E-state index contributed by atoms with van der Waals surface area (Å²) in [5.41, 5.74) is 15.0. The summed E-state index contributed by atoms with van der Waals surface area (Å²) in [5, 5.41) is 4.78. The highest BCUT2D eigenvalue weighted by atomic mass is 32.2. The van der Waals surface area contributed by atoms with Gasteiger partial charge in [-0.3, -0.25) is 0 Å². The number of nitrogens with zero attached hydrogens (tertiary/aromatic N) is 1. The van der Waals surface area contributed by atoms with E-state index in [1.807, 2.05) is 23.9 Å². The second-order valence-electron chi connectivity index (χ2n) is 14.8. The molecule has 3 heteroatoms. The Balaban J connectivity index is 1.03. The lowest BCUT2D eigenvalue weighted by molar-refractivity contribution is 0.670. The van der Waals surface area contributed by atoms with Gasteiger partial charge in [0.05, 0.1) is 5.41 Å². The fraction of sp³-hybridized carbons (Fsp3) is 0.0189. The van der Waals surface area contributed by atoms with Crippen molar-refractivity contribution in [1.82, 2.24) is 0 Å². The van der Waals surface area contributed by atoms with Crippen LogP contribution in [0, 0.1) is 0 Å². The summed E-state index contributed by atoms with van der Waals surface area (Å²) in [6, 6.07) is 73.1. The molecule has 10 aromatic rings. The first kappa shape index (κ1) is 31.5. The van der Waals surface area contributed by atoms with Crippen LogP contribution in [0.25, 0.3) is 55.0 Å². The Bertz CT molecular complexity index is 3130. The Kier molecular flexibility index (Phi) is 6.81. The molecule has 262 valence electrons. The summed E-state index contributed by atoms with van der Waals surface area (Å²) < 4.78 is 6.42. The van der Waals surface area contributed by atoms with Crippen molar-refractivity contribution in [3.05, 3.63) is 222 Å². The molecule has 0 saturated carbocycles. The second-order valence-corrected chi connectivity index (χ2v) is 15.9. The Morgan fingerprint density at radius 2 is 1.04 bits per heavy atom. The number of hydrogen-bond donors (Lipinski definition) is 0. The minimum absolute atomic E-state index is 0.428. The van der Waals surface area contributed by atoms with E-state index < -0.39 is 5.41 Å². The van der Waals surface area contributed by atoms with Crippen LogP contribution in [0.3, 0.4) is 0 Å². The van der Waals surface area contributed by atoms with Gasteiger partial charge >= 0.3 is 0 Å². The number of benzene rings is 9.